The maximum absolute atomic E-state index is 11.9. The van der Waals surface area contributed by atoms with E-state index in [1.165, 1.54) is 29.5 Å². The molecule has 120 valence electrons. The van der Waals surface area contributed by atoms with Crippen molar-refractivity contribution in [1.29, 1.82) is 0 Å². The van der Waals surface area contributed by atoms with Gasteiger partial charge >= 0.3 is 0 Å². The summed E-state index contributed by atoms with van der Waals surface area (Å²) in [7, 11) is 0. The first kappa shape index (κ1) is 15.7. The Morgan fingerprint density at radius 2 is 2.27 bits per heavy atom. The van der Waals surface area contributed by atoms with Crippen LogP contribution in [-0.4, -0.2) is 27.6 Å². The highest BCUT2D eigenvalue weighted by atomic mass is 32.2. The number of hydrogen-bond donors (Lipinski definition) is 2. The molecule has 0 saturated heterocycles. The van der Waals surface area contributed by atoms with E-state index >= 15 is 0 Å². The first-order valence-electron chi connectivity index (χ1n) is 7.40. The molecule has 1 aromatic heterocycles. The minimum absolute atomic E-state index is 0.115. The van der Waals surface area contributed by atoms with Crippen LogP contribution in [0.2, 0.25) is 0 Å². The van der Waals surface area contributed by atoms with E-state index < -0.39 is 0 Å². The lowest BCUT2D eigenvalue weighted by Gasteiger charge is -2.34. The molecule has 0 unspecified atom stereocenters. The molecule has 1 aromatic rings. The molecule has 0 aliphatic heterocycles. The molecule has 1 amide bonds. The first-order valence-corrected chi connectivity index (χ1v) is 9.21. The Bertz CT molecular complexity index is 627. The zero-order valence-electron chi connectivity index (χ0n) is 13.0. The number of amides is 1. The molecule has 2 bridgehead atoms. The van der Waals surface area contributed by atoms with E-state index in [0.717, 1.165) is 18.6 Å². The first-order chi connectivity index (χ1) is 10.3. The molecule has 2 fully saturated rings. The van der Waals surface area contributed by atoms with Crippen LogP contribution < -0.4 is 11.2 Å². The summed E-state index contributed by atoms with van der Waals surface area (Å²) in [4.78, 5) is 11.9. The Labute approximate surface area is 138 Å². The summed E-state index contributed by atoms with van der Waals surface area (Å²) in [6.45, 7) is 6.93. The molecule has 2 aliphatic carbocycles. The number of nitrogen functional groups attached to an aromatic ring is 1. The fraction of sp³-hybridized carbons (Fsp3) is 0.714. The van der Waals surface area contributed by atoms with Crippen molar-refractivity contribution in [2.45, 2.75) is 44.4 Å². The molecule has 8 heteroatoms. The van der Waals surface area contributed by atoms with E-state index in [9.17, 15) is 4.79 Å². The van der Waals surface area contributed by atoms with Gasteiger partial charge in [0.15, 0.2) is 4.34 Å². The standard InChI is InChI=1S/C14H21N5OS2/c1-13(2)8-4-5-14(13,3)9(6-8)16-17-10(20)7-21-12-19-18-11(15)22-12/h8H,4-7H2,1-3H3,(H2,15,18)(H,17,20)/t8-,14+/m0/s1. The second kappa shape index (κ2) is 5.49. The number of anilines is 1. The van der Waals surface area contributed by atoms with Gasteiger partial charge in [-0.1, -0.05) is 43.9 Å². The third-order valence-corrected chi connectivity index (χ3v) is 7.46. The molecule has 22 heavy (non-hydrogen) atoms. The maximum atomic E-state index is 11.9. The number of nitrogens with zero attached hydrogens (tertiary/aromatic N) is 3. The van der Waals surface area contributed by atoms with Crippen LogP contribution in [0, 0.1) is 16.7 Å². The number of fused-ring (bicyclic) bond motifs is 2. The van der Waals surface area contributed by atoms with Gasteiger partial charge in [-0.3, -0.25) is 4.79 Å². The van der Waals surface area contributed by atoms with E-state index in [-0.39, 0.29) is 22.5 Å². The molecule has 6 nitrogen and oxygen atoms in total. The number of nitrogens with one attached hydrogen (secondary N) is 1. The molecule has 2 atom stereocenters. The Morgan fingerprint density at radius 3 is 2.82 bits per heavy atom. The number of rotatable bonds is 4. The van der Waals surface area contributed by atoms with Gasteiger partial charge in [0.2, 0.25) is 5.13 Å². The predicted octanol–water partition coefficient (Wildman–Crippen LogP) is 2.53. The molecule has 1 heterocycles. The highest BCUT2D eigenvalue weighted by Crippen LogP contribution is 2.63. The van der Waals surface area contributed by atoms with Gasteiger partial charge in [0.1, 0.15) is 0 Å². The molecule has 2 saturated carbocycles. The largest absolute Gasteiger partial charge is 0.374 e. The number of hydrazone groups is 1. The lowest BCUT2D eigenvalue weighted by Crippen LogP contribution is -2.34. The normalized spacial score (nSPS) is 30.9. The minimum Gasteiger partial charge on any atom is -0.374 e. The van der Waals surface area contributed by atoms with Crippen molar-refractivity contribution < 1.29 is 4.79 Å². The van der Waals surface area contributed by atoms with Gasteiger partial charge in [0.05, 0.1) is 5.75 Å². The summed E-state index contributed by atoms with van der Waals surface area (Å²) >= 11 is 2.61. The number of thioether (sulfide) groups is 1. The van der Waals surface area contributed by atoms with Crippen LogP contribution in [0.15, 0.2) is 9.44 Å². The van der Waals surface area contributed by atoms with E-state index in [1.54, 1.807) is 0 Å². The summed E-state index contributed by atoms with van der Waals surface area (Å²) in [5.74, 6) is 0.844. The quantitative estimate of drug-likeness (QED) is 0.649. The van der Waals surface area contributed by atoms with Gasteiger partial charge < -0.3 is 5.73 Å². The van der Waals surface area contributed by atoms with Crippen LogP contribution in [0.1, 0.15) is 40.0 Å². The molecular weight excluding hydrogens is 318 g/mol. The van der Waals surface area contributed by atoms with Gasteiger partial charge in [-0.25, -0.2) is 5.43 Å². The maximum Gasteiger partial charge on any atom is 0.250 e. The van der Waals surface area contributed by atoms with E-state index in [4.69, 9.17) is 5.73 Å². The van der Waals surface area contributed by atoms with E-state index in [0.29, 0.717) is 15.4 Å². The van der Waals surface area contributed by atoms with Gasteiger partial charge in [-0.2, -0.15) is 5.10 Å². The van der Waals surface area contributed by atoms with Crippen LogP contribution in [0.3, 0.4) is 0 Å². The van der Waals surface area contributed by atoms with Crippen molar-refractivity contribution in [3.63, 3.8) is 0 Å². The molecule has 3 rings (SSSR count). The topological polar surface area (TPSA) is 93.3 Å². The highest BCUT2D eigenvalue weighted by Gasteiger charge is 2.59. The second-order valence-electron chi connectivity index (χ2n) is 6.78. The van der Waals surface area contributed by atoms with Crippen molar-refractivity contribution in [2.75, 3.05) is 11.5 Å². The fourth-order valence-corrected chi connectivity index (χ4v) is 5.09. The van der Waals surface area contributed by atoms with Crippen LogP contribution >= 0.6 is 23.1 Å². The Kier molecular flexibility index (Phi) is 3.92. The molecule has 2 aliphatic rings. The summed E-state index contributed by atoms with van der Waals surface area (Å²) < 4.78 is 0.702. The van der Waals surface area contributed by atoms with Crippen molar-refractivity contribution in [1.82, 2.24) is 15.6 Å². The van der Waals surface area contributed by atoms with Crippen LogP contribution in [0.4, 0.5) is 5.13 Å². The Hall–Kier alpha value is -1.15. The zero-order valence-corrected chi connectivity index (χ0v) is 14.7. The lowest BCUT2D eigenvalue weighted by molar-refractivity contribution is -0.118. The summed E-state index contributed by atoms with van der Waals surface area (Å²) in [5.41, 5.74) is 9.75. The summed E-state index contributed by atoms with van der Waals surface area (Å²) in [5, 5.41) is 12.5. The van der Waals surface area contributed by atoms with Crippen molar-refractivity contribution >= 4 is 39.8 Å². The minimum atomic E-state index is -0.115. The van der Waals surface area contributed by atoms with E-state index in [1.807, 2.05) is 0 Å². The van der Waals surface area contributed by atoms with Crippen LogP contribution in [-0.2, 0) is 4.79 Å². The highest BCUT2D eigenvalue weighted by molar-refractivity contribution is 8.01. The average molecular weight is 339 g/mol. The molecule has 0 aromatic carbocycles. The van der Waals surface area contributed by atoms with Crippen LogP contribution in [0.25, 0.3) is 0 Å². The Morgan fingerprint density at radius 1 is 1.50 bits per heavy atom. The molecule has 0 spiro atoms. The average Bonchev–Trinajstić information content (AvgIpc) is 3.03. The molecule has 0 radical (unpaired) electrons. The summed E-state index contributed by atoms with van der Waals surface area (Å²) in [6, 6.07) is 0. The van der Waals surface area contributed by atoms with Crippen molar-refractivity contribution in [2.24, 2.45) is 21.8 Å². The number of hydrogen-bond acceptors (Lipinski definition) is 7. The zero-order chi connectivity index (χ0) is 16.0. The molecule has 3 N–H and O–H groups in total. The number of carbonyl (C=O) groups is 1. The van der Waals surface area contributed by atoms with Crippen LogP contribution in [0.5, 0.6) is 0 Å². The third kappa shape index (κ3) is 2.52. The number of aromatic nitrogens is 2. The fourth-order valence-electron chi connectivity index (χ4n) is 3.67. The SMILES string of the molecule is CC1(C)[C@H]2CC[C@]1(C)C(=NNC(=O)CSc1nnc(N)s1)C2. The van der Waals surface area contributed by atoms with Gasteiger partial charge in [-0.05, 0) is 30.6 Å². The number of carbonyl (C=O) groups excluding carboxylic acids is 1. The lowest BCUT2D eigenvalue weighted by atomic mass is 9.70. The Balaban J connectivity index is 1.57. The second-order valence-corrected chi connectivity index (χ2v) is 9.01. The molecular formula is C14H21N5OS2. The third-order valence-electron chi connectivity index (χ3n) is 5.58. The smallest absolute Gasteiger partial charge is 0.250 e. The van der Waals surface area contributed by atoms with Gasteiger partial charge in [-0.15, -0.1) is 10.2 Å². The summed E-state index contributed by atoms with van der Waals surface area (Å²) in [6.07, 6.45) is 3.44. The monoisotopic (exact) mass is 339 g/mol. The van der Waals surface area contributed by atoms with Gasteiger partial charge in [0.25, 0.3) is 5.91 Å². The van der Waals surface area contributed by atoms with Crippen molar-refractivity contribution in [3.05, 3.63) is 0 Å². The van der Waals surface area contributed by atoms with E-state index in [2.05, 4.69) is 41.5 Å². The number of nitrogens with two attached hydrogens (primary N) is 1. The van der Waals surface area contributed by atoms with Gasteiger partial charge in [0, 0.05) is 11.1 Å². The van der Waals surface area contributed by atoms with Crippen molar-refractivity contribution in [3.8, 4) is 0 Å². The predicted molar refractivity (Wildman–Crippen MR) is 89.9 cm³/mol.